The van der Waals surface area contributed by atoms with E-state index in [1.54, 1.807) is 24.2 Å². The molecule has 1 unspecified atom stereocenters. The number of pyridine rings is 1. The Balaban J connectivity index is 1.16. The number of nitrogens with zero attached hydrogens (tertiary/aromatic N) is 5. The Kier molecular flexibility index (Phi) is 7.04. The number of amides is 2. The van der Waals surface area contributed by atoms with Crippen molar-refractivity contribution in [2.24, 2.45) is 0 Å². The number of carbonyl (C=O) groups is 3. The first-order valence-electron chi connectivity index (χ1n) is 13.5. The molecule has 15 heteroatoms. The van der Waals surface area contributed by atoms with E-state index in [9.17, 15) is 28.7 Å². The highest BCUT2D eigenvalue weighted by molar-refractivity contribution is 5.95. The van der Waals surface area contributed by atoms with Crippen molar-refractivity contribution in [1.82, 2.24) is 14.9 Å². The summed E-state index contributed by atoms with van der Waals surface area (Å²) in [6.07, 6.45) is -0.721. The lowest BCUT2D eigenvalue weighted by Crippen LogP contribution is -2.61. The van der Waals surface area contributed by atoms with E-state index in [1.165, 1.54) is 28.8 Å². The van der Waals surface area contributed by atoms with E-state index in [0.29, 0.717) is 37.6 Å². The molecule has 0 bridgehead atoms. The zero-order chi connectivity index (χ0) is 30.6. The molecule has 0 saturated carbocycles. The van der Waals surface area contributed by atoms with E-state index in [2.05, 4.69) is 5.32 Å². The maximum Gasteiger partial charge on any atom is 0.414 e. The molecule has 2 saturated heterocycles. The van der Waals surface area contributed by atoms with Crippen LogP contribution in [-0.4, -0.2) is 91.4 Å². The van der Waals surface area contributed by atoms with Gasteiger partial charge in [-0.25, -0.2) is 23.3 Å². The molecule has 2 aromatic carbocycles. The molecule has 2 fully saturated rings. The molecule has 2 amide bonds. The summed E-state index contributed by atoms with van der Waals surface area (Å²) in [6.45, 7) is 3.35. The van der Waals surface area contributed by atoms with Gasteiger partial charge >= 0.3 is 12.1 Å². The van der Waals surface area contributed by atoms with Gasteiger partial charge in [0.05, 0.1) is 29.9 Å². The lowest BCUT2D eigenvalue weighted by Gasteiger charge is -2.46. The minimum atomic E-state index is -1.43. The maximum atomic E-state index is 15.3. The molecule has 2 atom stereocenters. The zero-order valence-corrected chi connectivity index (χ0v) is 23.3. The van der Waals surface area contributed by atoms with E-state index in [4.69, 9.17) is 9.47 Å². The number of anilines is 2. The number of aromatic nitrogens is 1. The Morgan fingerprint density at radius 2 is 1.81 bits per heavy atom. The molecular weight excluding hydrogens is 570 g/mol. The van der Waals surface area contributed by atoms with Crippen molar-refractivity contribution in [3.63, 3.8) is 0 Å². The highest BCUT2D eigenvalue weighted by Gasteiger charge is 2.36. The van der Waals surface area contributed by atoms with Gasteiger partial charge in [-0.15, -0.1) is 0 Å². The molecule has 6 rings (SSSR count). The fourth-order valence-electron chi connectivity index (χ4n) is 5.67. The van der Waals surface area contributed by atoms with Gasteiger partial charge < -0.3 is 24.8 Å². The summed E-state index contributed by atoms with van der Waals surface area (Å²) in [4.78, 5) is 53.1. The van der Waals surface area contributed by atoms with Crippen LogP contribution in [0.2, 0.25) is 0 Å². The first-order valence-corrected chi connectivity index (χ1v) is 13.5. The second-order valence-electron chi connectivity index (χ2n) is 10.6. The van der Waals surface area contributed by atoms with Crippen LogP contribution in [0.15, 0.2) is 41.3 Å². The molecule has 3 aliphatic rings. The lowest BCUT2D eigenvalue weighted by atomic mass is 10.1. The van der Waals surface area contributed by atoms with E-state index in [-0.39, 0.29) is 35.6 Å². The topological polar surface area (TPSA) is 137 Å². The molecule has 1 aromatic heterocycles. The first-order chi connectivity index (χ1) is 20.5. The normalized spacial score (nSPS) is 20.3. The molecule has 0 aliphatic carbocycles. The summed E-state index contributed by atoms with van der Waals surface area (Å²) >= 11 is 0. The predicted molar refractivity (Wildman–Crippen MR) is 150 cm³/mol. The summed E-state index contributed by atoms with van der Waals surface area (Å²) in [5, 5.41) is 13.7. The van der Waals surface area contributed by atoms with Gasteiger partial charge in [-0.3, -0.25) is 24.2 Å². The molecule has 226 valence electrons. The van der Waals surface area contributed by atoms with Gasteiger partial charge in [0, 0.05) is 52.4 Å². The van der Waals surface area contributed by atoms with Crippen LogP contribution in [0, 0.1) is 11.6 Å². The van der Waals surface area contributed by atoms with Crippen molar-refractivity contribution < 1.29 is 37.7 Å². The summed E-state index contributed by atoms with van der Waals surface area (Å²) in [7, 11) is 1.67. The molecule has 0 radical (unpaired) electrons. The molecule has 3 aliphatic heterocycles. The number of cyclic esters (lactones) is 1. The van der Waals surface area contributed by atoms with Crippen molar-refractivity contribution in [3.8, 4) is 5.75 Å². The number of piperazine rings is 1. The third-order valence-electron chi connectivity index (χ3n) is 7.79. The van der Waals surface area contributed by atoms with Crippen LogP contribution >= 0.6 is 0 Å². The monoisotopic (exact) mass is 598 g/mol. The minimum Gasteiger partial charge on any atom is -0.477 e. The molecule has 3 aromatic rings. The van der Waals surface area contributed by atoms with Crippen LogP contribution in [0.3, 0.4) is 0 Å². The number of hydrogen-bond acceptors (Lipinski definition) is 9. The molecule has 43 heavy (non-hydrogen) atoms. The minimum absolute atomic E-state index is 0.102. The van der Waals surface area contributed by atoms with Gasteiger partial charge in [0.1, 0.15) is 28.8 Å². The standard InChI is InChI=1S/C28H28F2N6O7/c1-15(37)31-12-18-13-35(28(41)42-18)17-3-4-22(21(30)11-17)33-5-7-34(8-6-33)27-32(2)36-14-20(26(39)40)25(38)19-9-16(29)10-23(43-27)24(19)36/h3-4,9-11,14,18,27H,5-8,12-13H2,1-2H3,(H,31,37)(H,39,40)/t18-,27?/m0/s1. The van der Waals surface area contributed by atoms with Gasteiger partial charge in [0.2, 0.25) is 17.7 Å². The number of aromatic carboxylic acids is 1. The van der Waals surface area contributed by atoms with Gasteiger partial charge in [-0.1, -0.05) is 0 Å². The number of halogens is 2. The molecule has 2 N–H and O–H groups in total. The van der Waals surface area contributed by atoms with Crippen molar-refractivity contribution in [2.75, 3.05) is 61.1 Å². The van der Waals surface area contributed by atoms with Gasteiger partial charge in [-0.2, -0.15) is 0 Å². The van der Waals surface area contributed by atoms with Crippen LogP contribution in [0.4, 0.5) is 25.0 Å². The Morgan fingerprint density at radius 3 is 2.49 bits per heavy atom. The average Bonchev–Trinajstić information content (AvgIpc) is 3.34. The third-order valence-corrected chi connectivity index (χ3v) is 7.79. The van der Waals surface area contributed by atoms with Crippen LogP contribution in [0.5, 0.6) is 5.75 Å². The molecule has 4 heterocycles. The van der Waals surface area contributed by atoms with E-state index in [0.717, 1.165) is 12.1 Å². The molecule has 0 spiro atoms. The van der Waals surface area contributed by atoms with Gasteiger partial charge in [-0.05, 0) is 24.3 Å². The van der Waals surface area contributed by atoms with E-state index in [1.807, 2.05) is 9.80 Å². The maximum absolute atomic E-state index is 15.3. The van der Waals surface area contributed by atoms with Crippen LogP contribution < -0.4 is 30.3 Å². The lowest BCUT2D eigenvalue weighted by molar-refractivity contribution is -0.119. The Bertz CT molecular complexity index is 1710. The highest BCUT2D eigenvalue weighted by atomic mass is 19.1. The molecular formula is C28H28F2N6O7. The van der Waals surface area contributed by atoms with Crippen molar-refractivity contribution in [1.29, 1.82) is 0 Å². The summed E-state index contributed by atoms with van der Waals surface area (Å²) in [6, 6.07) is 6.66. The number of carboxylic acid groups (broad SMARTS) is 1. The van der Waals surface area contributed by atoms with Crippen LogP contribution in [0.1, 0.15) is 17.3 Å². The number of carbonyl (C=O) groups excluding carboxylic acids is 2. The first kappa shape index (κ1) is 28.2. The summed E-state index contributed by atoms with van der Waals surface area (Å²) in [5.74, 6) is -2.81. The number of ether oxygens (including phenoxy) is 2. The highest BCUT2D eigenvalue weighted by Crippen LogP contribution is 2.33. The number of rotatable bonds is 6. The smallest absolute Gasteiger partial charge is 0.414 e. The second kappa shape index (κ2) is 10.7. The second-order valence-corrected chi connectivity index (χ2v) is 10.6. The SMILES string of the molecule is CC(=O)NC[C@H]1CN(c2ccc(N3CCN(C4Oc5cc(F)cc6c(=O)c(C(=O)O)cn(c56)N4C)CC3)c(F)c2)C(=O)O1. The number of benzene rings is 2. The fraction of sp³-hybridized carbons (Fsp3) is 0.357. The van der Waals surface area contributed by atoms with Crippen LogP contribution in [-0.2, 0) is 9.53 Å². The van der Waals surface area contributed by atoms with E-state index < -0.39 is 47.1 Å². The Labute approximate surface area is 243 Å². The van der Waals surface area contributed by atoms with Crippen LogP contribution in [0.25, 0.3) is 10.9 Å². The third kappa shape index (κ3) is 5.05. The fourth-order valence-corrected chi connectivity index (χ4v) is 5.67. The number of carboxylic acids is 1. The van der Waals surface area contributed by atoms with Gasteiger partial charge in [0.25, 0.3) is 0 Å². The predicted octanol–water partition coefficient (Wildman–Crippen LogP) is 1.51. The van der Waals surface area contributed by atoms with E-state index >= 15 is 4.39 Å². The average molecular weight is 599 g/mol. The van der Waals surface area contributed by atoms with Crippen molar-refractivity contribution in [2.45, 2.75) is 19.4 Å². The summed E-state index contributed by atoms with van der Waals surface area (Å²) < 4.78 is 42.6. The van der Waals surface area contributed by atoms with Gasteiger partial charge in [0.15, 0.2) is 5.75 Å². The van der Waals surface area contributed by atoms with Crippen molar-refractivity contribution >= 4 is 40.2 Å². The summed E-state index contributed by atoms with van der Waals surface area (Å²) in [5.41, 5.74) is -0.344. The largest absolute Gasteiger partial charge is 0.477 e. The number of hydrogen-bond donors (Lipinski definition) is 2. The van der Waals surface area contributed by atoms with Crippen molar-refractivity contribution in [3.05, 3.63) is 63.9 Å². The Hall–Kier alpha value is -4.92. The number of nitrogens with one attached hydrogen (secondary N) is 1. The quantitative estimate of drug-likeness (QED) is 0.430. The zero-order valence-electron chi connectivity index (χ0n) is 23.3. The Morgan fingerprint density at radius 1 is 1.07 bits per heavy atom. The molecule has 13 nitrogen and oxygen atoms in total.